The van der Waals surface area contributed by atoms with Gasteiger partial charge >= 0.3 is 0 Å². The summed E-state index contributed by atoms with van der Waals surface area (Å²) in [5.41, 5.74) is 3.59. The fourth-order valence-electron chi connectivity index (χ4n) is 3.94. The van der Waals surface area contributed by atoms with E-state index in [1.165, 1.54) is 6.07 Å². The summed E-state index contributed by atoms with van der Waals surface area (Å²) in [6.07, 6.45) is 2.02. The number of hydrogen-bond acceptors (Lipinski definition) is 6. The molecule has 1 saturated heterocycles. The fourth-order valence-corrected chi connectivity index (χ4v) is 4.14. The quantitative estimate of drug-likeness (QED) is 0.361. The van der Waals surface area contributed by atoms with Gasteiger partial charge in [0, 0.05) is 49.2 Å². The summed E-state index contributed by atoms with van der Waals surface area (Å²) in [6.45, 7) is 9.59. The zero-order chi connectivity index (χ0) is 23.3. The van der Waals surface area contributed by atoms with E-state index < -0.39 is 10.8 Å². The van der Waals surface area contributed by atoms with Crippen molar-refractivity contribution in [3.05, 3.63) is 57.6 Å². The average molecular weight is 456 g/mol. The predicted octanol–water partition coefficient (Wildman–Crippen LogP) is 4.48. The largest absolute Gasteiger partial charge is 0.372 e. The molecule has 0 atom stereocenters. The summed E-state index contributed by atoms with van der Waals surface area (Å²) < 4.78 is 0. The number of benzene rings is 2. The topological polar surface area (TPSA) is 90.8 Å². The lowest BCUT2D eigenvalue weighted by molar-refractivity contribution is -0.384. The molecule has 1 amide bonds. The van der Waals surface area contributed by atoms with Gasteiger partial charge in [-0.05, 0) is 81.7 Å². The molecular formula is C23H29N5O3S. The average Bonchev–Trinajstić information content (AvgIpc) is 3.30. The van der Waals surface area contributed by atoms with Crippen LogP contribution in [-0.2, 0) is 0 Å². The molecule has 0 spiro atoms. The molecule has 1 fully saturated rings. The van der Waals surface area contributed by atoms with Crippen LogP contribution in [0.3, 0.4) is 0 Å². The number of thiocarbonyl (C=S) groups is 1. The highest BCUT2D eigenvalue weighted by molar-refractivity contribution is 7.80. The van der Waals surface area contributed by atoms with Crippen LogP contribution in [-0.4, -0.2) is 42.1 Å². The van der Waals surface area contributed by atoms with Crippen molar-refractivity contribution in [3.8, 4) is 0 Å². The third kappa shape index (κ3) is 5.34. The van der Waals surface area contributed by atoms with Gasteiger partial charge in [-0.15, -0.1) is 0 Å². The van der Waals surface area contributed by atoms with Gasteiger partial charge in [-0.2, -0.15) is 0 Å². The second kappa shape index (κ2) is 10.4. The molecular weight excluding hydrogens is 426 g/mol. The Hall–Kier alpha value is -3.20. The van der Waals surface area contributed by atoms with Crippen LogP contribution in [0.5, 0.6) is 0 Å². The monoisotopic (exact) mass is 455 g/mol. The number of carbonyl (C=O) groups excluding carboxylic acids is 1. The molecule has 0 radical (unpaired) electrons. The Balaban J connectivity index is 1.70. The highest BCUT2D eigenvalue weighted by Crippen LogP contribution is 2.31. The first-order valence-electron chi connectivity index (χ1n) is 10.8. The van der Waals surface area contributed by atoms with E-state index in [1.54, 1.807) is 12.1 Å². The number of carbonyl (C=O) groups is 1. The molecule has 2 aromatic rings. The number of rotatable bonds is 7. The zero-order valence-electron chi connectivity index (χ0n) is 18.7. The van der Waals surface area contributed by atoms with Crippen molar-refractivity contribution in [3.63, 3.8) is 0 Å². The number of anilines is 3. The first kappa shape index (κ1) is 23.5. The number of hydrogen-bond donors (Lipinski definition) is 2. The lowest BCUT2D eigenvalue weighted by Crippen LogP contribution is -2.34. The Labute approximate surface area is 193 Å². The Morgan fingerprint density at radius 1 is 1.16 bits per heavy atom. The minimum Gasteiger partial charge on any atom is -0.372 e. The van der Waals surface area contributed by atoms with Gasteiger partial charge < -0.3 is 15.1 Å². The van der Waals surface area contributed by atoms with Crippen LogP contribution in [0.1, 0.15) is 42.6 Å². The SMILES string of the molecule is CCN(CC)c1ccc(NC(=S)NC(=O)c2ccc(N3CCCC3)c([N+](=O)[O-])c2)c(C)c1. The number of nitrogens with zero attached hydrogens (tertiary/aromatic N) is 3. The van der Waals surface area contributed by atoms with Gasteiger partial charge in [0.05, 0.1) is 4.92 Å². The van der Waals surface area contributed by atoms with E-state index in [-0.39, 0.29) is 16.4 Å². The summed E-state index contributed by atoms with van der Waals surface area (Å²) in [5.74, 6) is -0.490. The van der Waals surface area contributed by atoms with Crippen LogP contribution in [0, 0.1) is 17.0 Å². The van der Waals surface area contributed by atoms with Gasteiger partial charge in [-0.25, -0.2) is 0 Å². The van der Waals surface area contributed by atoms with Crippen LogP contribution in [0.25, 0.3) is 0 Å². The van der Waals surface area contributed by atoms with Gasteiger partial charge in [0.2, 0.25) is 0 Å². The molecule has 170 valence electrons. The number of nitro benzene ring substituents is 1. The maximum atomic E-state index is 12.7. The summed E-state index contributed by atoms with van der Waals surface area (Å²) >= 11 is 5.30. The van der Waals surface area contributed by atoms with Crippen molar-refractivity contribution in [1.29, 1.82) is 0 Å². The minimum atomic E-state index is -0.490. The Bertz CT molecular complexity index is 1020. The predicted molar refractivity (Wildman–Crippen MR) is 133 cm³/mol. The molecule has 0 unspecified atom stereocenters. The molecule has 8 nitrogen and oxygen atoms in total. The molecule has 1 aliphatic heterocycles. The van der Waals surface area contributed by atoms with E-state index in [0.29, 0.717) is 5.69 Å². The van der Waals surface area contributed by atoms with E-state index in [0.717, 1.165) is 56.0 Å². The molecule has 0 aromatic heterocycles. The molecule has 0 aliphatic carbocycles. The molecule has 0 bridgehead atoms. The molecule has 32 heavy (non-hydrogen) atoms. The summed E-state index contributed by atoms with van der Waals surface area (Å²) in [7, 11) is 0. The van der Waals surface area contributed by atoms with Crippen molar-refractivity contribution in [2.45, 2.75) is 33.6 Å². The lowest BCUT2D eigenvalue weighted by atomic mass is 10.1. The summed E-state index contributed by atoms with van der Waals surface area (Å²) in [5, 5.41) is 17.4. The Morgan fingerprint density at radius 2 is 1.84 bits per heavy atom. The molecule has 9 heteroatoms. The maximum absolute atomic E-state index is 12.7. The van der Waals surface area contributed by atoms with E-state index in [1.807, 2.05) is 24.0 Å². The molecule has 2 aromatic carbocycles. The zero-order valence-corrected chi connectivity index (χ0v) is 19.5. The van der Waals surface area contributed by atoms with Crippen LogP contribution >= 0.6 is 12.2 Å². The maximum Gasteiger partial charge on any atom is 0.293 e. The van der Waals surface area contributed by atoms with Crippen molar-refractivity contribution >= 4 is 46.0 Å². The number of aryl methyl sites for hydroxylation is 1. The smallest absolute Gasteiger partial charge is 0.293 e. The first-order valence-corrected chi connectivity index (χ1v) is 11.3. The molecule has 1 heterocycles. The lowest BCUT2D eigenvalue weighted by Gasteiger charge is -2.22. The number of nitro groups is 1. The van der Waals surface area contributed by atoms with Crippen LogP contribution in [0.15, 0.2) is 36.4 Å². The Kier molecular flexibility index (Phi) is 7.63. The van der Waals surface area contributed by atoms with Gasteiger partial charge in [0.25, 0.3) is 11.6 Å². The van der Waals surface area contributed by atoms with Crippen molar-refractivity contribution in [2.24, 2.45) is 0 Å². The second-order valence-electron chi connectivity index (χ2n) is 7.73. The number of amides is 1. The first-order chi connectivity index (χ1) is 15.3. The van der Waals surface area contributed by atoms with Crippen LogP contribution < -0.4 is 20.4 Å². The molecule has 3 rings (SSSR count). The third-order valence-electron chi connectivity index (χ3n) is 5.69. The van der Waals surface area contributed by atoms with Crippen molar-refractivity contribution in [2.75, 3.05) is 41.3 Å². The van der Waals surface area contributed by atoms with E-state index >= 15 is 0 Å². The number of nitrogens with one attached hydrogen (secondary N) is 2. The van der Waals surface area contributed by atoms with Gasteiger partial charge in [-0.3, -0.25) is 20.2 Å². The second-order valence-corrected chi connectivity index (χ2v) is 8.14. The van der Waals surface area contributed by atoms with E-state index in [4.69, 9.17) is 12.2 Å². The van der Waals surface area contributed by atoms with E-state index in [9.17, 15) is 14.9 Å². The summed E-state index contributed by atoms with van der Waals surface area (Å²) in [6, 6.07) is 10.6. The van der Waals surface area contributed by atoms with Crippen LogP contribution in [0.4, 0.5) is 22.7 Å². The van der Waals surface area contributed by atoms with Crippen molar-refractivity contribution < 1.29 is 9.72 Å². The Morgan fingerprint density at radius 3 is 2.44 bits per heavy atom. The fraction of sp³-hybridized carbons (Fsp3) is 0.391. The highest BCUT2D eigenvalue weighted by atomic mass is 32.1. The van der Waals surface area contributed by atoms with Gasteiger partial charge in [0.1, 0.15) is 5.69 Å². The molecule has 0 saturated carbocycles. The van der Waals surface area contributed by atoms with Crippen LogP contribution in [0.2, 0.25) is 0 Å². The third-order valence-corrected chi connectivity index (χ3v) is 5.90. The minimum absolute atomic E-state index is 0.0683. The highest BCUT2D eigenvalue weighted by Gasteiger charge is 2.24. The van der Waals surface area contributed by atoms with Crippen molar-refractivity contribution in [1.82, 2.24) is 5.32 Å². The molecule has 1 aliphatic rings. The van der Waals surface area contributed by atoms with Gasteiger partial charge in [-0.1, -0.05) is 0 Å². The normalized spacial score (nSPS) is 13.0. The standard InChI is InChI=1S/C23H29N5O3S/c1-4-26(5-2)18-9-10-19(16(3)14-18)24-23(32)25-22(29)17-8-11-20(21(15-17)28(30)31)27-12-6-7-13-27/h8-11,14-15H,4-7,12-13H2,1-3H3,(H2,24,25,29,32). The summed E-state index contributed by atoms with van der Waals surface area (Å²) in [4.78, 5) is 28.0. The van der Waals surface area contributed by atoms with E-state index in [2.05, 4.69) is 35.4 Å². The van der Waals surface area contributed by atoms with Gasteiger partial charge in [0.15, 0.2) is 5.11 Å². The molecule has 2 N–H and O–H groups in total.